The molecule has 0 spiro atoms. The molecule has 2 heteroatoms. The first-order valence-corrected chi connectivity index (χ1v) is 6.36. The summed E-state index contributed by atoms with van der Waals surface area (Å²) >= 11 is 5.96. The highest BCUT2D eigenvalue weighted by Crippen LogP contribution is 2.23. The second-order valence-electron chi connectivity index (χ2n) is 4.61. The van der Waals surface area contributed by atoms with Crippen LogP contribution in [0.1, 0.15) is 24.2 Å². The van der Waals surface area contributed by atoms with Crippen molar-refractivity contribution in [1.29, 1.82) is 0 Å². The number of carbonyl (C=O) groups excluding carboxylic acids is 1. The van der Waals surface area contributed by atoms with E-state index in [0.29, 0.717) is 0 Å². The highest BCUT2D eigenvalue weighted by Gasteiger charge is 2.10. The quantitative estimate of drug-likeness (QED) is 0.720. The lowest BCUT2D eigenvalue weighted by atomic mass is 9.98. The van der Waals surface area contributed by atoms with Gasteiger partial charge in [0.2, 0.25) is 0 Å². The maximum Gasteiger partial charge on any atom is 0.165 e. The van der Waals surface area contributed by atoms with Gasteiger partial charge >= 0.3 is 0 Å². The van der Waals surface area contributed by atoms with Crippen molar-refractivity contribution in [3.63, 3.8) is 0 Å². The van der Waals surface area contributed by atoms with Gasteiger partial charge < -0.3 is 0 Å². The highest BCUT2D eigenvalue weighted by molar-refractivity contribution is 6.30. The normalized spacial score (nSPS) is 10.7. The molecule has 18 heavy (non-hydrogen) atoms. The zero-order chi connectivity index (χ0) is 13.1. The molecule has 2 aromatic rings. The summed E-state index contributed by atoms with van der Waals surface area (Å²) in [6, 6.07) is 15.4. The van der Waals surface area contributed by atoms with Gasteiger partial charge in [0.25, 0.3) is 0 Å². The van der Waals surface area contributed by atoms with Gasteiger partial charge in [-0.3, -0.25) is 4.79 Å². The van der Waals surface area contributed by atoms with Crippen LogP contribution in [0, 0.1) is 5.92 Å². The van der Waals surface area contributed by atoms with Gasteiger partial charge in [0, 0.05) is 16.5 Å². The molecule has 0 radical (unpaired) electrons. The first-order chi connectivity index (χ1) is 8.58. The maximum atomic E-state index is 11.8. The molecule has 0 N–H and O–H groups in total. The lowest BCUT2D eigenvalue weighted by Gasteiger charge is -2.06. The van der Waals surface area contributed by atoms with Gasteiger partial charge in [0.05, 0.1) is 0 Å². The van der Waals surface area contributed by atoms with Crippen LogP contribution >= 0.6 is 11.6 Å². The first kappa shape index (κ1) is 12.8. The lowest BCUT2D eigenvalue weighted by Crippen LogP contribution is -2.06. The number of carbonyl (C=O) groups is 1. The molecular formula is C16H15ClO. The third-order valence-electron chi connectivity index (χ3n) is 2.85. The van der Waals surface area contributed by atoms with Crippen molar-refractivity contribution in [3.05, 3.63) is 59.1 Å². The summed E-state index contributed by atoms with van der Waals surface area (Å²) in [5.74, 6) is 0.203. The Labute approximate surface area is 112 Å². The second kappa shape index (κ2) is 5.36. The zero-order valence-electron chi connectivity index (χ0n) is 10.5. The third-order valence-corrected chi connectivity index (χ3v) is 3.09. The molecule has 0 aliphatic rings. The van der Waals surface area contributed by atoms with Crippen molar-refractivity contribution < 1.29 is 4.79 Å². The smallest absolute Gasteiger partial charge is 0.165 e. The van der Waals surface area contributed by atoms with Crippen molar-refractivity contribution in [2.24, 2.45) is 5.92 Å². The van der Waals surface area contributed by atoms with Gasteiger partial charge in [-0.1, -0.05) is 61.8 Å². The summed E-state index contributed by atoms with van der Waals surface area (Å²) in [7, 11) is 0. The Kier molecular flexibility index (Phi) is 3.83. The molecule has 0 unspecified atom stereocenters. The zero-order valence-corrected chi connectivity index (χ0v) is 11.2. The van der Waals surface area contributed by atoms with Crippen LogP contribution < -0.4 is 0 Å². The van der Waals surface area contributed by atoms with E-state index >= 15 is 0 Å². The monoisotopic (exact) mass is 258 g/mol. The van der Waals surface area contributed by atoms with E-state index in [0.717, 1.165) is 21.7 Å². The number of hydrogen-bond donors (Lipinski definition) is 0. The van der Waals surface area contributed by atoms with Gasteiger partial charge in [0.15, 0.2) is 5.78 Å². The second-order valence-corrected chi connectivity index (χ2v) is 5.04. The van der Waals surface area contributed by atoms with Crippen molar-refractivity contribution in [2.45, 2.75) is 13.8 Å². The summed E-state index contributed by atoms with van der Waals surface area (Å²) in [5, 5.41) is 0.717. The Bertz CT molecular complexity index is 556. The molecule has 0 aromatic heterocycles. The molecule has 0 fully saturated rings. The molecule has 2 aromatic carbocycles. The maximum absolute atomic E-state index is 11.8. The van der Waals surface area contributed by atoms with Gasteiger partial charge in [-0.2, -0.15) is 0 Å². The van der Waals surface area contributed by atoms with Crippen LogP contribution in [0.15, 0.2) is 48.5 Å². The summed E-state index contributed by atoms with van der Waals surface area (Å²) in [6.45, 7) is 3.82. The minimum Gasteiger partial charge on any atom is -0.294 e. The fraction of sp³-hybridized carbons (Fsp3) is 0.188. The minimum absolute atomic E-state index is 0.0296. The molecule has 0 bridgehead atoms. The molecule has 0 aliphatic carbocycles. The molecule has 0 amide bonds. The van der Waals surface area contributed by atoms with Crippen LogP contribution in [0.25, 0.3) is 11.1 Å². The summed E-state index contributed by atoms with van der Waals surface area (Å²) in [4.78, 5) is 11.8. The van der Waals surface area contributed by atoms with Crippen molar-refractivity contribution in [3.8, 4) is 11.1 Å². The minimum atomic E-state index is 0.0296. The number of Topliss-reactive ketones (excluding diaryl/α,β-unsaturated/α-hetero) is 1. The summed E-state index contributed by atoms with van der Waals surface area (Å²) < 4.78 is 0. The van der Waals surface area contributed by atoms with Gasteiger partial charge in [0.1, 0.15) is 0 Å². The Morgan fingerprint density at radius 2 is 1.67 bits per heavy atom. The van der Waals surface area contributed by atoms with E-state index in [1.54, 1.807) is 0 Å². The molecule has 0 heterocycles. The molecule has 92 valence electrons. The first-order valence-electron chi connectivity index (χ1n) is 5.98. The SMILES string of the molecule is CC(C)C(=O)c1ccc(-c2cccc(Cl)c2)cc1. The van der Waals surface area contributed by atoms with E-state index in [1.807, 2.05) is 62.4 Å². The molecule has 1 nitrogen and oxygen atoms in total. The van der Waals surface area contributed by atoms with E-state index in [4.69, 9.17) is 11.6 Å². The number of ketones is 1. The largest absolute Gasteiger partial charge is 0.294 e. The fourth-order valence-electron chi connectivity index (χ4n) is 1.83. The van der Waals surface area contributed by atoms with Gasteiger partial charge in [-0.15, -0.1) is 0 Å². The average molecular weight is 259 g/mol. The highest BCUT2D eigenvalue weighted by atomic mass is 35.5. The van der Waals surface area contributed by atoms with Crippen LogP contribution in [0.2, 0.25) is 5.02 Å². The predicted molar refractivity (Wildman–Crippen MR) is 76.1 cm³/mol. The predicted octanol–water partition coefficient (Wildman–Crippen LogP) is 4.85. The number of benzene rings is 2. The van der Waals surface area contributed by atoms with Gasteiger partial charge in [-0.25, -0.2) is 0 Å². The lowest BCUT2D eigenvalue weighted by molar-refractivity contribution is 0.0939. The molecule has 0 aliphatic heterocycles. The van der Waals surface area contributed by atoms with E-state index in [9.17, 15) is 4.79 Å². The van der Waals surface area contributed by atoms with Crippen LogP contribution in [0.3, 0.4) is 0 Å². The van der Waals surface area contributed by atoms with E-state index in [1.165, 1.54) is 0 Å². The van der Waals surface area contributed by atoms with Crippen molar-refractivity contribution >= 4 is 17.4 Å². The molecule has 0 saturated heterocycles. The Morgan fingerprint density at radius 1 is 1.00 bits per heavy atom. The fourth-order valence-corrected chi connectivity index (χ4v) is 2.02. The topological polar surface area (TPSA) is 17.1 Å². The van der Waals surface area contributed by atoms with Crippen LogP contribution in [-0.2, 0) is 0 Å². The van der Waals surface area contributed by atoms with Crippen LogP contribution in [0.5, 0.6) is 0 Å². The van der Waals surface area contributed by atoms with Crippen molar-refractivity contribution in [2.75, 3.05) is 0 Å². The van der Waals surface area contributed by atoms with Crippen LogP contribution in [0.4, 0.5) is 0 Å². The number of rotatable bonds is 3. The van der Waals surface area contributed by atoms with E-state index < -0.39 is 0 Å². The number of halogens is 1. The summed E-state index contributed by atoms with van der Waals surface area (Å²) in [6.07, 6.45) is 0. The van der Waals surface area contributed by atoms with E-state index in [2.05, 4.69) is 0 Å². The van der Waals surface area contributed by atoms with Crippen LogP contribution in [-0.4, -0.2) is 5.78 Å². The van der Waals surface area contributed by atoms with Crippen molar-refractivity contribution in [1.82, 2.24) is 0 Å². The Balaban J connectivity index is 2.30. The Hall–Kier alpha value is -1.60. The van der Waals surface area contributed by atoms with Gasteiger partial charge in [-0.05, 0) is 23.3 Å². The molecule has 2 rings (SSSR count). The average Bonchev–Trinajstić information content (AvgIpc) is 2.38. The standard InChI is InChI=1S/C16H15ClO/c1-11(2)16(18)13-8-6-12(7-9-13)14-4-3-5-15(17)10-14/h3-11H,1-2H3. The molecule has 0 atom stereocenters. The molecular weight excluding hydrogens is 244 g/mol. The van der Waals surface area contributed by atoms with E-state index in [-0.39, 0.29) is 11.7 Å². The number of hydrogen-bond acceptors (Lipinski definition) is 1. The Morgan fingerprint density at radius 3 is 2.22 bits per heavy atom. The third kappa shape index (κ3) is 2.80. The summed E-state index contributed by atoms with van der Waals surface area (Å²) in [5.41, 5.74) is 2.89. The molecule has 0 saturated carbocycles.